The van der Waals surface area contributed by atoms with Gasteiger partial charge in [-0.15, -0.1) is 0 Å². The molecule has 6 heteroatoms. The fraction of sp³-hybridized carbons (Fsp3) is 0.400. The zero-order valence-electron chi connectivity index (χ0n) is 18.1. The number of rotatable bonds is 10. The van der Waals surface area contributed by atoms with E-state index in [1.54, 1.807) is 38.3 Å². The highest BCUT2D eigenvalue weighted by atomic mass is 16.5. The second-order valence-electron chi connectivity index (χ2n) is 8.03. The van der Waals surface area contributed by atoms with Gasteiger partial charge in [-0.1, -0.05) is 37.3 Å². The number of ketones is 1. The predicted molar refractivity (Wildman–Crippen MR) is 117 cm³/mol. The lowest BCUT2D eigenvalue weighted by Gasteiger charge is -2.17. The number of esters is 1. The minimum atomic E-state index is -0.541. The first-order chi connectivity index (χ1) is 15.0. The largest absolute Gasteiger partial charge is 0.497 e. The molecule has 0 aromatic heterocycles. The number of nitrogens with zero attached hydrogens (tertiary/aromatic N) is 1. The summed E-state index contributed by atoms with van der Waals surface area (Å²) >= 11 is 0. The SMILES string of the molecule is COc1ccc(C(=O)CC(C)C(=O)OCC2CC(=O)N(CCc3ccccc3)C2)cc1. The number of Topliss-reactive ketones (excluding diaryl/α,β-unsaturated/α-hetero) is 1. The van der Waals surface area contributed by atoms with Crippen LogP contribution in [0.5, 0.6) is 5.75 Å². The minimum absolute atomic E-state index is 0.00304. The van der Waals surface area contributed by atoms with Crippen LogP contribution in [-0.4, -0.2) is 49.4 Å². The van der Waals surface area contributed by atoms with E-state index >= 15 is 0 Å². The van der Waals surface area contributed by atoms with Gasteiger partial charge in [0.25, 0.3) is 0 Å². The van der Waals surface area contributed by atoms with Crippen molar-refractivity contribution in [2.75, 3.05) is 26.8 Å². The molecule has 0 saturated carbocycles. The van der Waals surface area contributed by atoms with Crippen molar-refractivity contribution in [2.45, 2.75) is 26.2 Å². The molecule has 1 heterocycles. The van der Waals surface area contributed by atoms with Gasteiger partial charge in [-0.05, 0) is 36.2 Å². The Kier molecular flexibility index (Phi) is 7.82. The lowest BCUT2D eigenvalue weighted by Crippen LogP contribution is -2.28. The predicted octanol–water partition coefficient (Wildman–Crippen LogP) is 3.54. The van der Waals surface area contributed by atoms with Crippen molar-refractivity contribution >= 4 is 17.7 Å². The third kappa shape index (κ3) is 6.41. The number of amides is 1. The summed E-state index contributed by atoms with van der Waals surface area (Å²) < 4.78 is 10.5. The molecule has 1 amide bonds. The molecule has 0 N–H and O–H groups in total. The molecule has 6 nitrogen and oxygen atoms in total. The van der Waals surface area contributed by atoms with Crippen LogP contribution in [0.3, 0.4) is 0 Å². The molecule has 1 saturated heterocycles. The molecule has 2 aromatic carbocycles. The van der Waals surface area contributed by atoms with Crippen molar-refractivity contribution in [2.24, 2.45) is 11.8 Å². The van der Waals surface area contributed by atoms with Crippen LogP contribution in [0.2, 0.25) is 0 Å². The van der Waals surface area contributed by atoms with E-state index in [0.717, 1.165) is 6.42 Å². The molecule has 31 heavy (non-hydrogen) atoms. The Morgan fingerprint density at radius 2 is 1.81 bits per heavy atom. The molecule has 0 aliphatic carbocycles. The molecule has 0 bridgehead atoms. The first-order valence-corrected chi connectivity index (χ1v) is 10.6. The Morgan fingerprint density at radius 1 is 1.10 bits per heavy atom. The van der Waals surface area contributed by atoms with E-state index in [4.69, 9.17) is 9.47 Å². The normalized spacial score (nSPS) is 16.8. The molecule has 3 rings (SSSR count). The summed E-state index contributed by atoms with van der Waals surface area (Å²) in [5.74, 6) is -0.294. The van der Waals surface area contributed by atoms with Crippen LogP contribution in [-0.2, 0) is 20.7 Å². The standard InChI is InChI=1S/C25H29NO5/c1-18(14-23(27)21-8-10-22(30-2)11-9-21)25(29)31-17-20-15-24(28)26(16-20)13-12-19-6-4-3-5-7-19/h3-11,18,20H,12-17H2,1-2H3. The Bertz CT molecular complexity index is 894. The summed E-state index contributed by atoms with van der Waals surface area (Å²) in [6.45, 7) is 3.15. The summed E-state index contributed by atoms with van der Waals surface area (Å²) in [6.07, 6.45) is 1.28. The average Bonchev–Trinajstić information content (AvgIpc) is 3.16. The third-order valence-corrected chi connectivity index (χ3v) is 5.58. The monoisotopic (exact) mass is 423 g/mol. The lowest BCUT2D eigenvalue weighted by atomic mass is 10.00. The molecule has 1 aliphatic heterocycles. The van der Waals surface area contributed by atoms with Crippen LogP contribution >= 0.6 is 0 Å². The summed E-state index contributed by atoms with van der Waals surface area (Å²) in [5.41, 5.74) is 1.73. The lowest BCUT2D eigenvalue weighted by molar-refractivity contribution is -0.149. The Morgan fingerprint density at radius 3 is 2.48 bits per heavy atom. The second kappa shape index (κ2) is 10.8. The van der Waals surface area contributed by atoms with Gasteiger partial charge in [0.1, 0.15) is 5.75 Å². The molecule has 1 aliphatic rings. The number of hydrogen-bond donors (Lipinski definition) is 0. The number of carbonyl (C=O) groups excluding carboxylic acids is 3. The fourth-order valence-corrected chi connectivity index (χ4v) is 3.69. The summed E-state index contributed by atoms with van der Waals surface area (Å²) in [4.78, 5) is 38.8. The topological polar surface area (TPSA) is 72.9 Å². The highest BCUT2D eigenvalue weighted by Crippen LogP contribution is 2.20. The average molecular weight is 424 g/mol. The highest BCUT2D eigenvalue weighted by molar-refractivity contribution is 5.98. The quantitative estimate of drug-likeness (QED) is 0.432. The van der Waals surface area contributed by atoms with E-state index in [1.165, 1.54) is 5.56 Å². The molecule has 164 valence electrons. The van der Waals surface area contributed by atoms with Gasteiger partial charge in [0.15, 0.2) is 5.78 Å². The van der Waals surface area contributed by atoms with Gasteiger partial charge in [-0.25, -0.2) is 0 Å². The second-order valence-corrected chi connectivity index (χ2v) is 8.03. The first-order valence-electron chi connectivity index (χ1n) is 10.6. The van der Waals surface area contributed by atoms with Crippen LogP contribution in [0.1, 0.15) is 35.7 Å². The smallest absolute Gasteiger partial charge is 0.309 e. The van der Waals surface area contributed by atoms with E-state index in [9.17, 15) is 14.4 Å². The maximum atomic E-state index is 12.4. The molecule has 2 unspecified atom stereocenters. The third-order valence-electron chi connectivity index (χ3n) is 5.58. The van der Waals surface area contributed by atoms with E-state index in [0.29, 0.717) is 30.8 Å². The van der Waals surface area contributed by atoms with Crippen LogP contribution < -0.4 is 4.74 Å². The number of ether oxygens (including phenoxy) is 2. The van der Waals surface area contributed by atoms with Crippen molar-refractivity contribution in [1.82, 2.24) is 4.90 Å². The molecule has 0 radical (unpaired) electrons. The van der Waals surface area contributed by atoms with Crippen molar-refractivity contribution in [3.8, 4) is 5.75 Å². The van der Waals surface area contributed by atoms with Gasteiger partial charge in [0, 0.05) is 37.4 Å². The molecule has 2 aromatic rings. The Balaban J connectivity index is 1.41. The van der Waals surface area contributed by atoms with Crippen molar-refractivity contribution in [3.63, 3.8) is 0 Å². The van der Waals surface area contributed by atoms with Gasteiger partial charge in [0.05, 0.1) is 19.6 Å². The van der Waals surface area contributed by atoms with Crippen LogP contribution in [0.4, 0.5) is 0 Å². The van der Waals surface area contributed by atoms with Gasteiger partial charge in [0.2, 0.25) is 5.91 Å². The fourth-order valence-electron chi connectivity index (χ4n) is 3.69. The maximum absolute atomic E-state index is 12.4. The molecule has 1 fully saturated rings. The van der Waals surface area contributed by atoms with E-state index in [1.807, 2.05) is 23.1 Å². The van der Waals surface area contributed by atoms with Gasteiger partial charge >= 0.3 is 5.97 Å². The summed E-state index contributed by atoms with van der Waals surface area (Å²) in [6, 6.07) is 16.9. The number of hydrogen-bond acceptors (Lipinski definition) is 5. The minimum Gasteiger partial charge on any atom is -0.497 e. The highest BCUT2D eigenvalue weighted by Gasteiger charge is 2.30. The molecule has 0 spiro atoms. The van der Waals surface area contributed by atoms with E-state index in [2.05, 4.69) is 12.1 Å². The Labute approximate surface area is 183 Å². The van der Waals surface area contributed by atoms with E-state index in [-0.39, 0.29) is 30.6 Å². The van der Waals surface area contributed by atoms with Crippen molar-refractivity contribution < 1.29 is 23.9 Å². The molecule has 2 atom stereocenters. The maximum Gasteiger partial charge on any atom is 0.309 e. The van der Waals surface area contributed by atoms with Crippen molar-refractivity contribution in [1.29, 1.82) is 0 Å². The molecular formula is C25H29NO5. The Hall–Kier alpha value is -3.15. The molecular weight excluding hydrogens is 394 g/mol. The van der Waals surface area contributed by atoms with Crippen LogP contribution in [0.15, 0.2) is 54.6 Å². The summed E-state index contributed by atoms with van der Waals surface area (Å²) in [7, 11) is 1.56. The number of benzene rings is 2. The van der Waals surface area contributed by atoms with Gasteiger partial charge < -0.3 is 14.4 Å². The van der Waals surface area contributed by atoms with Gasteiger partial charge in [-0.3, -0.25) is 14.4 Å². The zero-order chi connectivity index (χ0) is 22.2. The zero-order valence-corrected chi connectivity index (χ0v) is 18.1. The first kappa shape index (κ1) is 22.5. The number of likely N-dealkylation sites (tertiary alicyclic amines) is 1. The van der Waals surface area contributed by atoms with E-state index < -0.39 is 11.9 Å². The number of carbonyl (C=O) groups is 3. The summed E-state index contributed by atoms with van der Waals surface area (Å²) in [5, 5.41) is 0. The van der Waals surface area contributed by atoms with Gasteiger partial charge in [-0.2, -0.15) is 0 Å². The van der Waals surface area contributed by atoms with Crippen molar-refractivity contribution in [3.05, 3.63) is 65.7 Å². The number of methoxy groups -OCH3 is 1. The van der Waals surface area contributed by atoms with Crippen LogP contribution in [0.25, 0.3) is 0 Å². The van der Waals surface area contributed by atoms with Crippen LogP contribution in [0, 0.1) is 11.8 Å².